The molecule has 1 aliphatic rings. The Morgan fingerprint density at radius 2 is 1.76 bits per heavy atom. The minimum absolute atomic E-state index is 0.0683. The first-order chi connectivity index (χ1) is 20.5. The summed E-state index contributed by atoms with van der Waals surface area (Å²) in [5, 5.41) is 11.6. The highest BCUT2D eigenvalue weighted by molar-refractivity contribution is 5.94. The number of nitrogens with zero attached hydrogens (tertiary/aromatic N) is 5. The van der Waals surface area contributed by atoms with E-state index < -0.39 is 12.1 Å². The van der Waals surface area contributed by atoms with E-state index in [0.717, 1.165) is 22.3 Å². The van der Waals surface area contributed by atoms with E-state index in [1.54, 1.807) is 24.8 Å². The van der Waals surface area contributed by atoms with Gasteiger partial charge >= 0.3 is 6.09 Å². The van der Waals surface area contributed by atoms with Gasteiger partial charge in [0, 0.05) is 30.1 Å². The largest absolute Gasteiger partial charge is 0.497 e. The maximum absolute atomic E-state index is 13.1. The van der Waals surface area contributed by atoms with E-state index in [2.05, 4.69) is 10.6 Å². The van der Waals surface area contributed by atoms with Crippen molar-refractivity contribution in [2.24, 2.45) is 0 Å². The molecule has 1 atom stereocenters. The number of anilines is 1. The molecular weight excluding hydrogens is 538 g/mol. The predicted octanol–water partition coefficient (Wildman–Crippen LogP) is 3.51. The van der Waals surface area contributed by atoms with Crippen LogP contribution in [0.4, 0.5) is 10.7 Å². The maximum Gasteiger partial charge on any atom is 0.410 e. The first kappa shape index (κ1) is 26.8. The quantitative estimate of drug-likeness (QED) is 0.303. The first-order valence-electron chi connectivity index (χ1n) is 13.4. The van der Waals surface area contributed by atoms with Gasteiger partial charge in [0.15, 0.2) is 11.5 Å². The lowest BCUT2D eigenvalue weighted by Crippen LogP contribution is -2.44. The van der Waals surface area contributed by atoms with Crippen LogP contribution in [0.15, 0.2) is 72.8 Å². The summed E-state index contributed by atoms with van der Waals surface area (Å²) >= 11 is 0. The molecule has 2 N–H and O–H groups in total. The van der Waals surface area contributed by atoms with Crippen LogP contribution < -0.4 is 20.1 Å². The van der Waals surface area contributed by atoms with Crippen LogP contribution in [0.5, 0.6) is 11.5 Å². The Balaban J connectivity index is 1.33. The lowest BCUT2D eigenvalue weighted by Gasteiger charge is -2.23. The molecule has 2 amide bonds. The van der Waals surface area contributed by atoms with Crippen LogP contribution in [-0.2, 0) is 16.1 Å². The number of aromatic nitrogens is 4. The van der Waals surface area contributed by atoms with Crippen LogP contribution in [0.3, 0.4) is 0 Å². The van der Waals surface area contributed by atoms with Crippen molar-refractivity contribution in [1.82, 2.24) is 29.8 Å². The number of carbonyl (C=O) groups is 2. The third kappa shape index (κ3) is 5.46. The molecule has 1 saturated heterocycles. The van der Waals surface area contributed by atoms with Crippen molar-refractivity contribution in [3.63, 3.8) is 0 Å². The number of carbonyl (C=O) groups excluding carboxylic acids is 2. The highest BCUT2D eigenvalue weighted by atomic mass is 16.6. The Morgan fingerprint density at radius 3 is 2.52 bits per heavy atom. The summed E-state index contributed by atoms with van der Waals surface area (Å²) in [7, 11) is 3.19. The number of nitrogens with one attached hydrogen (secondary N) is 2. The normalized spacial score (nSPS) is 15.2. The Kier molecular flexibility index (Phi) is 7.41. The monoisotopic (exact) mass is 567 g/mol. The third-order valence-corrected chi connectivity index (χ3v) is 7.00. The highest BCUT2D eigenvalue weighted by Gasteiger charge is 2.30. The third-order valence-electron chi connectivity index (χ3n) is 7.00. The standard InChI is InChI=1S/C30H29N7O5/c1-40-21-10-8-20(9-11-21)26-34-27-23-13-12-22(41-2)16-24(23)32-29(37(27)35-26)33-25-17-36(15-14-31-28(25)38)30(39)42-18-19-6-4-3-5-7-19/h3-13,16,25H,14-15,17-18H2,1-2H3,(H,31,38)(H,32,33)/t25-/m1/s1. The molecule has 0 spiro atoms. The molecule has 42 heavy (non-hydrogen) atoms. The second kappa shape index (κ2) is 11.6. The Labute approximate surface area is 241 Å². The second-order valence-corrected chi connectivity index (χ2v) is 9.69. The molecule has 5 aromatic rings. The van der Waals surface area contributed by atoms with Crippen molar-refractivity contribution in [2.75, 3.05) is 39.2 Å². The second-order valence-electron chi connectivity index (χ2n) is 9.69. The van der Waals surface area contributed by atoms with Crippen LogP contribution in [0.2, 0.25) is 0 Å². The molecular formula is C30H29N7O5. The molecule has 0 saturated carbocycles. The zero-order valence-electron chi connectivity index (χ0n) is 23.1. The molecule has 214 valence electrons. The van der Waals surface area contributed by atoms with E-state index in [1.165, 1.54) is 4.90 Å². The van der Waals surface area contributed by atoms with Gasteiger partial charge in [-0.2, -0.15) is 4.52 Å². The predicted molar refractivity (Wildman–Crippen MR) is 155 cm³/mol. The van der Waals surface area contributed by atoms with Crippen LogP contribution in [-0.4, -0.2) is 76.4 Å². The van der Waals surface area contributed by atoms with Gasteiger partial charge < -0.3 is 29.7 Å². The van der Waals surface area contributed by atoms with E-state index in [1.807, 2.05) is 66.7 Å². The maximum atomic E-state index is 13.1. The van der Waals surface area contributed by atoms with Gasteiger partial charge in [0.25, 0.3) is 0 Å². The lowest BCUT2D eigenvalue weighted by atomic mass is 10.2. The fourth-order valence-electron chi connectivity index (χ4n) is 4.75. The summed E-state index contributed by atoms with van der Waals surface area (Å²) in [6.45, 7) is 0.802. The van der Waals surface area contributed by atoms with Crippen LogP contribution >= 0.6 is 0 Å². The summed E-state index contributed by atoms with van der Waals surface area (Å²) in [6.07, 6.45) is -0.508. The van der Waals surface area contributed by atoms with Crippen molar-refractivity contribution in [3.05, 3.63) is 78.4 Å². The SMILES string of the molecule is COc1ccc(-c2nc3c4ccc(OC)cc4nc(N[C@@H]4CN(C(=O)OCc5ccccc5)CCNC4=O)n3n2)cc1. The summed E-state index contributed by atoms with van der Waals surface area (Å²) in [4.78, 5) is 37.2. The molecule has 1 aliphatic heterocycles. The summed E-state index contributed by atoms with van der Waals surface area (Å²) in [5.74, 6) is 1.83. The van der Waals surface area contributed by atoms with Gasteiger partial charge in [-0.25, -0.2) is 14.8 Å². The zero-order valence-corrected chi connectivity index (χ0v) is 23.1. The fraction of sp³-hybridized carbons (Fsp3) is 0.233. The number of ether oxygens (including phenoxy) is 3. The average Bonchev–Trinajstić information content (AvgIpc) is 3.40. The van der Waals surface area contributed by atoms with Gasteiger partial charge in [0.1, 0.15) is 24.1 Å². The number of hydrogen-bond acceptors (Lipinski definition) is 9. The Bertz CT molecular complexity index is 1740. The molecule has 2 aromatic heterocycles. The van der Waals surface area contributed by atoms with Crippen molar-refractivity contribution in [3.8, 4) is 22.9 Å². The molecule has 3 heterocycles. The van der Waals surface area contributed by atoms with Gasteiger partial charge in [0.2, 0.25) is 11.9 Å². The average molecular weight is 568 g/mol. The Morgan fingerprint density at radius 1 is 1.00 bits per heavy atom. The van der Waals surface area contributed by atoms with Crippen LogP contribution in [0.1, 0.15) is 5.56 Å². The summed E-state index contributed by atoms with van der Waals surface area (Å²) in [5.41, 5.74) is 2.81. The number of benzene rings is 3. The van der Waals surface area contributed by atoms with Crippen molar-refractivity contribution in [1.29, 1.82) is 0 Å². The van der Waals surface area contributed by atoms with Crippen molar-refractivity contribution in [2.45, 2.75) is 12.6 Å². The lowest BCUT2D eigenvalue weighted by molar-refractivity contribution is -0.121. The van der Waals surface area contributed by atoms with Crippen LogP contribution in [0.25, 0.3) is 27.9 Å². The van der Waals surface area contributed by atoms with Gasteiger partial charge in [-0.15, -0.1) is 5.10 Å². The van der Waals surface area contributed by atoms with E-state index in [-0.39, 0.29) is 25.0 Å². The molecule has 1 fully saturated rings. The highest BCUT2D eigenvalue weighted by Crippen LogP contribution is 2.28. The van der Waals surface area contributed by atoms with Crippen LogP contribution in [0, 0.1) is 0 Å². The molecule has 12 nitrogen and oxygen atoms in total. The van der Waals surface area contributed by atoms with E-state index in [0.29, 0.717) is 35.8 Å². The molecule has 0 radical (unpaired) electrons. The van der Waals surface area contributed by atoms with Gasteiger partial charge in [-0.05, 0) is 42.0 Å². The van der Waals surface area contributed by atoms with E-state index in [4.69, 9.17) is 29.3 Å². The molecule has 0 unspecified atom stereocenters. The van der Waals surface area contributed by atoms with Gasteiger partial charge in [-0.3, -0.25) is 4.79 Å². The molecule has 3 aromatic carbocycles. The number of rotatable bonds is 7. The molecule has 6 rings (SSSR count). The van der Waals surface area contributed by atoms with Crippen molar-refractivity contribution >= 4 is 34.5 Å². The molecule has 0 bridgehead atoms. The number of methoxy groups -OCH3 is 2. The topological polar surface area (TPSA) is 132 Å². The minimum Gasteiger partial charge on any atom is -0.497 e. The smallest absolute Gasteiger partial charge is 0.410 e. The zero-order chi connectivity index (χ0) is 29.1. The van der Waals surface area contributed by atoms with E-state index in [9.17, 15) is 9.59 Å². The number of amides is 2. The Hall–Kier alpha value is -5.39. The summed E-state index contributed by atoms with van der Waals surface area (Å²) in [6, 6.07) is 21.5. The minimum atomic E-state index is -0.829. The number of hydrogen-bond donors (Lipinski definition) is 2. The summed E-state index contributed by atoms with van der Waals surface area (Å²) < 4.78 is 17.8. The fourth-order valence-corrected chi connectivity index (χ4v) is 4.75. The van der Waals surface area contributed by atoms with Gasteiger partial charge in [0.05, 0.1) is 26.3 Å². The van der Waals surface area contributed by atoms with E-state index >= 15 is 0 Å². The molecule has 12 heteroatoms. The first-order valence-corrected chi connectivity index (χ1v) is 13.4. The number of fused-ring (bicyclic) bond motifs is 3. The van der Waals surface area contributed by atoms with Gasteiger partial charge in [-0.1, -0.05) is 30.3 Å². The molecule has 0 aliphatic carbocycles. The van der Waals surface area contributed by atoms with Crippen molar-refractivity contribution < 1.29 is 23.8 Å².